The average Bonchev–Trinajstić information content (AvgIpc) is 2.50. The van der Waals surface area contributed by atoms with Gasteiger partial charge in [-0.2, -0.15) is 5.10 Å². The number of nitrogens with zero attached hydrogens (tertiary/aromatic N) is 3. The van der Waals surface area contributed by atoms with E-state index in [4.69, 9.17) is 4.74 Å². The molecule has 0 aliphatic heterocycles. The van der Waals surface area contributed by atoms with Crippen molar-refractivity contribution in [1.82, 2.24) is 9.78 Å². The quantitative estimate of drug-likeness (QED) is 0.469. The molecule has 2 rings (SSSR count). The fraction of sp³-hybridized carbons (Fsp3) is 0.214. The second-order valence-corrected chi connectivity index (χ2v) is 4.32. The zero-order valence-corrected chi connectivity index (χ0v) is 11.8. The zero-order chi connectivity index (χ0) is 16.1. The van der Waals surface area contributed by atoms with E-state index in [1.54, 1.807) is 6.92 Å². The van der Waals surface area contributed by atoms with Crippen LogP contribution in [0.2, 0.25) is 0 Å². The van der Waals surface area contributed by atoms with E-state index in [1.807, 2.05) is 0 Å². The van der Waals surface area contributed by atoms with Crippen molar-refractivity contribution in [2.75, 3.05) is 6.61 Å². The Morgan fingerprint density at radius 3 is 2.55 bits per heavy atom. The SMILES string of the molecule is CCOC(=O)Cn1nc(-c2ccc([N+](=O)[O-])cc2)ccc1=O. The lowest BCUT2D eigenvalue weighted by molar-refractivity contribution is -0.384. The molecule has 0 aliphatic rings. The molecule has 0 saturated heterocycles. The Balaban J connectivity index is 2.30. The molecular formula is C14H13N3O5. The highest BCUT2D eigenvalue weighted by Gasteiger charge is 2.10. The highest BCUT2D eigenvalue weighted by atomic mass is 16.6. The van der Waals surface area contributed by atoms with Crippen molar-refractivity contribution in [2.45, 2.75) is 13.5 Å². The molecule has 0 spiro atoms. The second-order valence-electron chi connectivity index (χ2n) is 4.32. The number of hydrogen-bond donors (Lipinski definition) is 0. The van der Waals surface area contributed by atoms with Gasteiger partial charge in [0.25, 0.3) is 11.2 Å². The third-order valence-electron chi connectivity index (χ3n) is 2.82. The van der Waals surface area contributed by atoms with E-state index in [-0.39, 0.29) is 18.8 Å². The van der Waals surface area contributed by atoms with Crippen LogP contribution in [0.25, 0.3) is 11.3 Å². The van der Waals surface area contributed by atoms with Crippen LogP contribution in [0, 0.1) is 10.1 Å². The summed E-state index contributed by atoms with van der Waals surface area (Å²) in [6.45, 7) is 1.60. The van der Waals surface area contributed by atoms with Gasteiger partial charge in [-0.3, -0.25) is 19.7 Å². The Labute approximate surface area is 125 Å². The molecular weight excluding hydrogens is 290 g/mol. The molecule has 0 saturated carbocycles. The van der Waals surface area contributed by atoms with Crippen molar-refractivity contribution >= 4 is 11.7 Å². The molecule has 0 aliphatic carbocycles. The van der Waals surface area contributed by atoms with Crippen molar-refractivity contribution in [1.29, 1.82) is 0 Å². The van der Waals surface area contributed by atoms with E-state index < -0.39 is 16.5 Å². The van der Waals surface area contributed by atoms with Gasteiger partial charge in [-0.1, -0.05) is 0 Å². The lowest BCUT2D eigenvalue weighted by atomic mass is 10.1. The van der Waals surface area contributed by atoms with E-state index >= 15 is 0 Å². The monoisotopic (exact) mass is 303 g/mol. The first-order valence-electron chi connectivity index (χ1n) is 6.50. The fourth-order valence-corrected chi connectivity index (χ4v) is 1.80. The average molecular weight is 303 g/mol. The van der Waals surface area contributed by atoms with Crippen molar-refractivity contribution in [2.24, 2.45) is 0 Å². The number of nitro benzene ring substituents is 1. The molecule has 8 nitrogen and oxygen atoms in total. The number of carbonyl (C=O) groups excluding carboxylic acids is 1. The summed E-state index contributed by atoms with van der Waals surface area (Å²) in [5, 5.41) is 14.7. The molecule has 0 amide bonds. The first kappa shape index (κ1) is 15.4. The largest absolute Gasteiger partial charge is 0.465 e. The van der Waals surface area contributed by atoms with Crippen molar-refractivity contribution < 1.29 is 14.5 Å². The molecule has 0 bridgehead atoms. The predicted molar refractivity (Wildman–Crippen MR) is 77.2 cm³/mol. The van der Waals surface area contributed by atoms with Crippen molar-refractivity contribution in [3.63, 3.8) is 0 Å². The van der Waals surface area contributed by atoms with Crippen LogP contribution in [0.4, 0.5) is 5.69 Å². The highest BCUT2D eigenvalue weighted by Crippen LogP contribution is 2.19. The topological polar surface area (TPSA) is 104 Å². The van der Waals surface area contributed by atoms with Crippen LogP contribution >= 0.6 is 0 Å². The fourth-order valence-electron chi connectivity index (χ4n) is 1.80. The van der Waals surface area contributed by atoms with E-state index in [9.17, 15) is 19.7 Å². The van der Waals surface area contributed by atoms with Gasteiger partial charge in [0.1, 0.15) is 6.54 Å². The Kier molecular flexibility index (Phi) is 4.62. The van der Waals surface area contributed by atoms with Gasteiger partial charge in [0.2, 0.25) is 0 Å². The molecule has 1 aromatic heterocycles. The summed E-state index contributed by atoms with van der Waals surface area (Å²) in [5.74, 6) is -0.557. The van der Waals surface area contributed by atoms with Crippen LogP contribution in [0.1, 0.15) is 6.92 Å². The number of hydrogen-bond acceptors (Lipinski definition) is 6. The Hall–Kier alpha value is -3.03. The van der Waals surface area contributed by atoms with Crippen LogP contribution in [0.3, 0.4) is 0 Å². The van der Waals surface area contributed by atoms with Crippen LogP contribution in [0.15, 0.2) is 41.2 Å². The maximum Gasteiger partial charge on any atom is 0.327 e. The summed E-state index contributed by atoms with van der Waals surface area (Å²) in [7, 11) is 0. The summed E-state index contributed by atoms with van der Waals surface area (Å²) in [6.07, 6.45) is 0. The molecule has 22 heavy (non-hydrogen) atoms. The van der Waals surface area contributed by atoms with Gasteiger partial charge in [0, 0.05) is 23.8 Å². The van der Waals surface area contributed by atoms with Crippen LogP contribution in [-0.2, 0) is 16.1 Å². The summed E-state index contributed by atoms with van der Waals surface area (Å²) in [5.41, 5.74) is 0.560. The summed E-state index contributed by atoms with van der Waals surface area (Å²) >= 11 is 0. The molecule has 0 fully saturated rings. The molecule has 0 unspecified atom stereocenters. The van der Waals surface area contributed by atoms with Crippen LogP contribution in [-0.4, -0.2) is 27.3 Å². The van der Waals surface area contributed by atoms with Gasteiger partial charge >= 0.3 is 5.97 Å². The van der Waals surface area contributed by atoms with E-state index in [2.05, 4.69) is 5.10 Å². The maximum absolute atomic E-state index is 11.7. The Morgan fingerprint density at radius 1 is 1.27 bits per heavy atom. The van der Waals surface area contributed by atoms with Gasteiger partial charge in [-0.25, -0.2) is 4.68 Å². The van der Waals surface area contributed by atoms with Crippen LogP contribution in [0.5, 0.6) is 0 Å². The second kappa shape index (κ2) is 6.61. The number of carbonyl (C=O) groups is 1. The van der Waals surface area contributed by atoms with Crippen molar-refractivity contribution in [3.05, 3.63) is 56.9 Å². The standard InChI is InChI=1S/C14H13N3O5/c1-2-22-14(19)9-16-13(18)8-7-12(15-16)10-3-5-11(6-4-10)17(20)21/h3-8H,2,9H2,1H3. The number of non-ortho nitro benzene ring substituents is 1. The molecule has 0 radical (unpaired) electrons. The number of nitro groups is 1. The third-order valence-corrected chi connectivity index (χ3v) is 2.82. The minimum absolute atomic E-state index is 0.0383. The first-order chi connectivity index (χ1) is 10.5. The van der Waals surface area contributed by atoms with Gasteiger partial charge < -0.3 is 4.74 Å². The Bertz CT molecular complexity index is 752. The first-order valence-corrected chi connectivity index (χ1v) is 6.50. The Morgan fingerprint density at radius 2 is 1.95 bits per heavy atom. The molecule has 1 aromatic carbocycles. The lowest BCUT2D eigenvalue weighted by Gasteiger charge is -2.06. The third kappa shape index (κ3) is 3.54. The van der Waals surface area contributed by atoms with E-state index in [0.717, 1.165) is 4.68 Å². The summed E-state index contributed by atoms with van der Waals surface area (Å²) in [4.78, 5) is 33.2. The normalized spacial score (nSPS) is 10.2. The molecule has 8 heteroatoms. The summed E-state index contributed by atoms with van der Waals surface area (Å²) < 4.78 is 5.77. The minimum atomic E-state index is -0.557. The number of esters is 1. The van der Waals surface area contributed by atoms with E-state index in [1.165, 1.54) is 36.4 Å². The summed E-state index contributed by atoms with van der Waals surface area (Å²) in [6, 6.07) is 8.52. The van der Waals surface area contributed by atoms with Gasteiger partial charge in [0.05, 0.1) is 17.2 Å². The van der Waals surface area contributed by atoms with E-state index in [0.29, 0.717) is 11.3 Å². The lowest BCUT2D eigenvalue weighted by Crippen LogP contribution is -2.27. The van der Waals surface area contributed by atoms with Gasteiger partial charge in [-0.15, -0.1) is 0 Å². The van der Waals surface area contributed by atoms with Gasteiger partial charge in [-0.05, 0) is 25.1 Å². The maximum atomic E-state index is 11.7. The van der Waals surface area contributed by atoms with Gasteiger partial charge in [0.15, 0.2) is 0 Å². The molecule has 114 valence electrons. The number of ether oxygens (including phenoxy) is 1. The number of rotatable bonds is 5. The minimum Gasteiger partial charge on any atom is -0.465 e. The number of benzene rings is 1. The number of aromatic nitrogens is 2. The molecule has 1 heterocycles. The molecule has 0 N–H and O–H groups in total. The molecule has 2 aromatic rings. The highest BCUT2D eigenvalue weighted by molar-refractivity contribution is 5.69. The smallest absolute Gasteiger partial charge is 0.327 e. The van der Waals surface area contributed by atoms with Crippen LogP contribution < -0.4 is 5.56 Å². The van der Waals surface area contributed by atoms with Crippen molar-refractivity contribution in [3.8, 4) is 11.3 Å². The molecule has 0 atom stereocenters. The predicted octanol–water partition coefficient (Wildman–Crippen LogP) is 1.38. The zero-order valence-electron chi connectivity index (χ0n) is 11.8.